The third-order valence-electron chi connectivity index (χ3n) is 5.18. The van der Waals surface area contributed by atoms with Crippen LogP contribution in [0.1, 0.15) is 29.1 Å². The molecule has 27 heavy (non-hydrogen) atoms. The molecule has 0 aromatic carbocycles. The van der Waals surface area contributed by atoms with Crippen LogP contribution in [0.25, 0.3) is 0 Å². The number of likely N-dealkylation sites (tertiary alicyclic amines) is 1. The fraction of sp³-hybridized carbons (Fsp3) is 0.765. The van der Waals surface area contributed by atoms with E-state index in [-0.39, 0.29) is 17.7 Å². The number of hydrogen-bond acceptors (Lipinski definition) is 7. The summed E-state index contributed by atoms with van der Waals surface area (Å²) in [6.07, 6.45) is 3.89. The van der Waals surface area contributed by atoms with Crippen molar-refractivity contribution in [2.75, 3.05) is 58.7 Å². The first-order valence-corrected chi connectivity index (χ1v) is 11.2. The Balaban J connectivity index is 1.57. The van der Waals surface area contributed by atoms with Crippen molar-refractivity contribution in [3.63, 3.8) is 0 Å². The van der Waals surface area contributed by atoms with Crippen LogP contribution in [0.4, 0.5) is 0 Å². The largest absolute Gasteiger partial charge is 0.438 e. The lowest BCUT2D eigenvalue weighted by Gasteiger charge is -2.29. The minimum Gasteiger partial charge on any atom is -0.438 e. The lowest BCUT2D eigenvalue weighted by atomic mass is 10.2. The Morgan fingerprint density at radius 3 is 2.70 bits per heavy atom. The summed E-state index contributed by atoms with van der Waals surface area (Å²) >= 11 is 0. The zero-order valence-electron chi connectivity index (χ0n) is 16.0. The van der Waals surface area contributed by atoms with Gasteiger partial charge < -0.3 is 14.1 Å². The van der Waals surface area contributed by atoms with Gasteiger partial charge in [0.2, 0.25) is 15.8 Å². The van der Waals surface area contributed by atoms with Gasteiger partial charge in [0.1, 0.15) is 0 Å². The highest BCUT2D eigenvalue weighted by Gasteiger charge is 2.36. The number of hydrogen-bond donors (Lipinski definition) is 0. The molecule has 0 saturated carbocycles. The number of carbonyl (C=O) groups excluding carboxylic acids is 1. The summed E-state index contributed by atoms with van der Waals surface area (Å²) in [5, 5.41) is 0. The van der Waals surface area contributed by atoms with E-state index >= 15 is 0 Å². The SMILES string of the molecule is Cc1ncoc1C(=O)N1CCC(N(CCCN2CCOCC2)S(C)(=O)=O)C1. The van der Waals surface area contributed by atoms with Crippen molar-refractivity contribution in [1.29, 1.82) is 0 Å². The number of oxazole rings is 1. The van der Waals surface area contributed by atoms with Crippen LogP contribution in [0, 0.1) is 6.92 Å². The number of aryl methyl sites for hydroxylation is 1. The fourth-order valence-electron chi connectivity index (χ4n) is 3.71. The molecule has 152 valence electrons. The van der Waals surface area contributed by atoms with Gasteiger partial charge in [0, 0.05) is 38.8 Å². The van der Waals surface area contributed by atoms with Gasteiger partial charge in [0.25, 0.3) is 5.91 Å². The van der Waals surface area contributed by atoms with Gasteiger partial charge in [-0.2, -0.15) is 4.31 Å². The molecule has 0 N–H and O–H groups in total. The molecule has 0 aliphatic carbocycles. The molecule has 3 rings (SSSR count). The second-order valence-electron chi connectivity index (χ2n) is 7.14. The minimum absolute atomic E-state index is 0.197. The average Bonchev–Trinajstić information content (AvgIpc) is 3.27. The highest BCUT2D eigenvalue weighted by atomic mass is 32.2. The lowest BCUT2D eigenvalue weighted by molar-refractivity contribution is 0.0366. The maximum Gasteiger partial charge on any atom is 0.291 e. The molecule has 2 aliphatic rings. The number of nitrogens with zero attached hydrogens (tertiary/aromatic N) is 4. The molecule has 1 unspecified atom stereocenters. The Morgan fingerprint density at radius 2 is 2.07 bits per heavy atom. The Morgan fingerprint density at radius 1 is 1.33 bits per heavy atom. The zero-order valence-corrected chi connectivity index (χ0v) is 16.8. The van der Waals surface area contributed by atoms with Gasteiger partial charge in [-0.25, -0.2) is 13.4 Å². The summed E-state index contributed by atoms with van der Waals surface area (Å²) in [7, 11) is -3.35. The maximum atomic E-state index is 12.6. The van der Waals surface area contributed by atoms with Crippen LogP contribution in [0.15, 0.2) is 10.8 Å². The van der Waals surface area contributed by atoms with Crippen LogP contribution in [0.3, 0.4) is 0 Å². The Bertz CT molecular complexity index is 744. The zero-order chi connectivity index (χ0) is 19.4. The molecule has 0 bridgehead atoms. The predicted molar refractivity (Wildman–Crippen MR) is 99.0 cm³/mol. The van der Waals surface area contributed by atoms with Gasteiger partial charge in [0.05, 0.1) is 25.2 Å². The van der Waals surface area contributed by atoms with E-state index in [1.165, 1.54) is 12.6 Å². The number of sulfonamides is 1. The Labute approximate surface area is 160 Å². The van der Waals surface area contributed by atoms with E-state index < -0.39 is 10.0 Å². The van der Waals surface area contributed by atoms with E-state index in [4.69, 9.17) is 9.15 Å². The molecule has 1 atom stereocenters. The highest BCUT2D eigenvalue weighted by Crippen LogP contribution is 2.21. The van der Waals surface area contributed by atoms with Crippen molar-refractivity contribution < 1.29 is 22.4 Å². The summed E-state index contributed by atoms with van der Waals surface area (Å²) in [5.41, 5.74) is 0.550. The summed E-state index contributed by atoms with van der Waals surface area (Å²) in [4.78, 5) is 20.5. The van der Waals surface area contributed by atoms with Gasteiger partial charge in [-0.1, -0.05) is 0 Å². The van der Waals surface area contributed by atoms with Gasteiger partial charge in [0.15, 0.2) is 6.39 Å². The van der Waals surface area contributed by atoms with Gasteiger partial charge in [-0.05, 0) is 26.3 Å². The number of carbonyl (C=O) groups is 1. The van der Waals surface area contributed by atoms with E-state index in [1.54, 1.807) is 16.1 Å². The predicted octanol–water partition coefficient (Wildman–Crippen LogP) is 0.181. The first-order chi connectivity index (χ1) is 12.9. The molecule has 9 nitrogen and oxygen atoms in total. The average molecular weight is 401 g/mol. The van der Waals surface area contributed by atoms with Gasteiger partial charge in [-0.15, -0.1) is 0 Å². The number of morpholine rings is 1. The maximum absolute atomic E-state index is 12.6. The van der Waals surface area contributed by atoms with Crippen LogP contribution in [0.2, 0.25) is 0 Å². The number of amides is 1. The molecular weight excluding hydrogens is 372 g/mol. The molecule has 1 aromatic rings. The molecule has 0 radical (unpaired) electrons. The van der Waals surface area contributed by atoms with Crippen molar-refractivity contribution in [2.24, 2.45) is 0 Å². The third kappa shape index (κ3) is 5.07. The summed E-state index contributed by atoms with van der Waals surface area (Å²) < 4.78 is 36.7. The van der Waals surface area contributed by atoms with Crippen LogP contribution in [0.5, 0.6) is 0 Å². The molecule has 2 saturated heterocycles. The van der Waals surface area contributed by atoms with Crippen molar-refractivity contribution in [2.45, 2.75) is 25.8 Å². The smallest absolute Gasteiger partial charge is 0.291 e. The molecule has 2 aliphatic heterocycles. The highest BCUT2D eigenvalue weighted by molar-refractivity contribution is 7.88. The Kier molecular flexibility index (Phi) is 6.51. The molecule has 10 heteroatoms. The van der Waals surface area contributed by atoms with Crippen molar-refractivity contribution in [1.82, 2.24) is 19.1 Å². The summed E-state index contributed by atoms with van der Waals surface area (Å²) in [6.45, 7) is 7.17. The second-order valence-corrected chi connectivity index (χ2v) is 9.08. The Hall–Kier alpha value is -1.49. The topological polar surface area (TPSA) is 96.2 Å². The van der Waals surface area contributed by atoms with Crippen molar-refractivity contribution in [3.8, 4) is 0 Å². The monoisotopic (exact) mass is 400 g/mol. The first kappa shape index (κ1) is 20.2. The number of ether oxygens (including phenoxy) is 1. The first-order valence-electron chi connectivity index (χ1n) is 9.32. The van der Waals surface area contributed by atoms with Crippen molar-refractivity contribution >= 4 is 15.9 Å². The quantitative estimate of drug-likeness (QED) is 0.644. The van der Waals surface area contributed by atoms with Crippen LogP contribution in [-0.4, -0.2) is 98.2 Å². The second kappa shape index (κ2) is 8.68. The van der Waals surface area contributed by atoms with E-state index in [2.05, 4.69) is 9.88 Å². The number of aromatic nitrogens is 1. The van der Waals surface area contributed by atoms with Crippen LogP contribution < -0.4 is 0 Å². The number of rotatable bonds is 7. The van der Waals surface area contributed by atoms with E-state index in [0.717, 1.165) is 39.3 Å². The van der Waals surface area contributed by atoms with Gasteiger partial charge >= 0.3 is 0 Å². The normalized spacial score (nSPS) is 21.9. The molecule has 3 heterocycles. The molecule has 1 aromatic heterocycles. The minimum atomic E-state index is -3.35. The summed E-state index contributed by atoms with van der Waals surface area (Å²) in [5.74, 6) is 0.00291. The summed E-state index contributed by atoms with van der Waals surface area (Å²) in [6, 6.07) is -0.197. The fourth-order valence-corrected chi connectivity index (χ4v) is 4.88. The standard InChI is InChI=1S/C17H28N4O5S/c1-14-16(26-13-18-14)17(22)20-7-4-15(12-20)21(27(2,23)24)6-3-5-19-8-10-25-11-9-19/h13,15H,3-12H2,1-2H3. The van der Waals surface area contributed by atoms with Crippen molar-refractivity contribution in [3.05, 3.63) is 17.8 Å². The van der Waals surface area contributed by atoms with Crippen LogP contribution in [-0.2, 0) is 14.8 Å². The van der Waals surface area contributed by atoms with Gasteiger partial charge in [-0.3, -0.25) is 9.69 Å². The van der Waals surface area contributed by atoms with E-state index in [0.29, 0.717) is 31.7 Å². The van der Waals surface area contributed by atoms with E-state index in [9.17, 15) is 13.2 Å². The van der Waals surface area contributed by atoms with Crippen LogP contribution >= 0.6 is 0 Å². The van der Waals surface area contributed by atoms with E-state index in [1.807, 2.05) is 0 Å². The molecule has 1 amide bonds. The molecule has 0 spiro atoms. The molecule has 2 fully saturated rings. The third-order valence-corrected chi connectivity index (χ3v) is 6.51. The molecular formula is C17H28N4O5S. The lowest BCUT2D eigenvalue weighted by Crippen LogP contribution is -2.44.